The second-order valence-electron chi connectivity index (χ2n) is 2.36. The third-order valence-electron chi connectivity index (χ3n) is 1.58. The third kappa shape index (κ3) is 1.31. The van der Waals surface area contributed by atoms with Crippen LogP contribution in [0.15, 0.2) is 12.2 Å². The number of hydrogen-bond acceptors (Lipinski definition) is 2. The van der Waals surface area contributed by atoms with Crippen LogP contribution in [0, 0.1) is 5.92 Å². The molecule has 0 radical (unpaired) electrons. The molecule has 0 aromatic heterocycles. The van der Waals surface area contributed by atoms with E-state index in [1.54, 1.807) is 0 Å². The van der Waals surface area contributed by atoms with E-state index in [0.717, 1.165) is 0 Å². The SMILES string of the molecule is C[C@@H]1OC(=O)C=C[C@@H]1C. The van der Waals surface area contributed by atoms with Crippen molar-refractivity contribution in [2.45, 2.75) is 20.0 Å². The fourth-order valence-electron chi connectivity index (χ4n) is 0.717. The highest BCUT2D eigenvalue weighted by Crippen LogP contribution is 2.13. The van der Waals surface area contributed by atoms with Crippen molar-refractivity contribution in [2.75, 3.05) is 0 Å². The zero-order valence-corrected chi connectivity index (χ0v) is 5.63. The van der Waals surface area contributed by atoms with Gasteiger partial charge in [0.15, 0.2) is 0 Å². The first-order valence-electron chi connectivity index (χ1n) is 3.09. The summed E-state index contributed by atoms with van der Waals surface area (Å²) in [6, 6.07) is 0. The molecule has 0 spiro atoms. The quantitative estimate of drug-likeness (QED) is 0.455. The van der Waals surface area contributed by atoms with Crippen LogP contribution in [-0.4, -0.2) is 12.1 Å². The van der Waals surface area contributed by atoms with E-state index in [-0.39, 0.29) is 12.1 Å². The van der Waals surface area contributed by atoms with Gasteiger partial charge in [0.2, 0.25) is 0 Å². The van der Waals surface area contributed by atoms with Crippen LogP contribution in [-0.2, 0) is 9.53 Å². The molecule has 0 unspecified atom stereocenters. The minimum Gasteiger partial charge on any atom is -0.459 e. The van der Waals surface area contributed by atoms with Gasteiger partial charge >= 0.3 is 5.97 Å². The van der Waals surface area contributed by atoms with E-state index >= 15 is 0 Å². The standard InChI is InChI=1S/C7H10O2/c1-5-3-4-7(8)9-6(5)2/h3-6H,1-2H3/t5-,6-/m0/s1. The molecule has 1 aliphatic heterocycles. The van der Waals surface area contributed by atoms with Gasteiger partial charge in [0, 0.05) is 12.0 Å². The van der Waals surface area contributed by atoms with Gasteiger partial charge in [-0.1, -0.05) is 13.0 Å². The molecule has 0 saturated carbocycles. The lowest BCUT2D eigenvalue weighted by Crippen LogP contribution is -2.23. The zero-order chi connectivity index (χ0) is 6.85. The molecule has 9 heavy (non-hydrogen) atoms. The highest BCUT2D eigenvalue weighted by atomic mass is 16.5. The smallest absolute Gasteiger partial charge is 0.330 e. The minimum atomic E-state index is -0.222. The first-order chi connectivity index (χ1) is 4.20. The predicted octanol–water partition coefficient (Wildman–Crippen LogP) is 1.12. The lowest BCUT2D eigenvalue weighted by Gasteiger charge is -2.19. The summed E-state index contributed by atoms with van der Waals surface area (Å²) < 4.78 is 4.87. The fourth-order valence-corrected chi connectivity index (χ4v) is 0.717. The average Bonchev–Trinajstić information content (AvgIpc) is 1.80. The maximum absolute atomic E-state index is 10.5. The fraction of sp³-hybridized carbons (Fsp3) is 0.571. The molecule has 1 aliphatic rings. The maximum Gasteiger partial charge on any atom is 0.330 e. The molecular formula is C7H10O2. The summed E-state index contributed by atoms with van der Waals surface area (Å²) in [5, 5.41) is 0. The predicted molar refractivity (Wildman–Crippen MR) is 33.9 cm³/mol. The Kier molecular flexibility index (Phi) is 1.56. The summed E-state index contributed by atoms with van der Waals surface area (Å²) >= 11 is 0. The summed E-state index contributed by atoms with van der Waals surface area (Å²) in [4.78, 5) is 10.5. The van der Waals surface area contributed by atoms with Gasteiger partial charge in [-0.25, -0.2) is 4.79 Å². The van der Waals surface area contributed by atoms with Gasteiger partial charge in [0.05, 0.1) is 0 Å². The molecular weight excluding hydrogens is 116 g/mol. The zero-order valence-electron chi connectivity index (χ0n) is 5.63. The molecule has 1 heterocycles. The normalized spacial score (nSPS) is 34.2. The van der Waals surface area contributed by atoms with Crippen LogP contribution >= 0.6 is 0 Å². The van der Waals surface area contributed by atoms with Gasteiger partial charge in [-0.3, -0.25) is 0 Å². The number of carbonyl (C=O) groups is 1. The van der Waals surface area contributed by atoms with Crippen molar-refractivity contribution in [1.82, 2.24) is 0 Å². The van der Waals surface area contributed by atoms with Crippen LogP contribution in [0.5, 0.6) is 0 Å². The van der Waals surface area contributed by atoms with Crippen molar-refractivity contribution >= 4 is 5.97 Å². The van der Waals surface area contributed by atoms with Crippen molar-refractivity contribution in [2.24, 2.45) is 5.92 Å². The molecule has 0 bridgehead atoms. The maximum atomic E-state index is 10.5. The lowest BCUT2D eigenvalue weighted by molar-refractivity contribution is -0.145. The van der Waals surface area contributed by atoms with Crippen LogP contribution in [0.4, 0.5) is 0 Å². The van der Waals surface area contributed by atoms with Crippen LogP contribution in [0.2, 0.25) is 0 Å². The monoisotopic (exact) mass is 126 g/mol. The van der Waals surface area contributed by atoms with Crippen LogP contribution in [0.3, 0.4) is 0 Å². The van der Waals surface area contributed by atoms with Crippen LogP contribution in [0.25, 0.3) is 0 Å². The van der Waals surface area contributed by atoms with E-state index in [1.165, 1.54) is 6.08 Å². The Hall–Kier alpha value is -0.790. The lowest BCUT2D eigenvalue weighted by atomic mass is 10.0. The third-order valence-corrected chi connectivity index (χ3v) is 1.58. The summed E-state index contributed by atoms with van der Waals surface area (Å²) in [5.74, 6) is 0.142. The van der Waals surface area contributed by atoms with Crippen molar-refractivity contribution in [3.63, 3.8) is 0 Å². The Bertz CT molecular complexity index is 149. The Balaban J connectivity index is 2.65. The van der Waals surface area contributed by atoms with Gasteiger partial charge < -0.3 is 4.74 Å². The molecule has 2 nitrogen and oxygen atoms in total. The second kappa shape index (κ2) is 2.21. The molecule has 1 rings (SSSR count). The molecule has 0 amide bonds. The summed E-state index contributed by atoms with van der Waals surface area (Å²) in [7, 11) is 0. The molecule has 0 fully saturated rings. The molecule has 2 atom stereocenters. The number of hydrogen-bond donors (Lipinski definition) is 0. The van der Waals surface area contributed by atoms with Gasteiger partial charge in [0.25, 0.3) is 0 Å². The van der Waals surface area contributed by atoms with Crippen molar-refractivity contribution in [1.29, 1.82) is 0 Å². The average molecular weight is 126 g/mol. The van der Waals surface area contributed by atoms with E-state index in [9.17, 15) is 4.79 Å². The van der Waals surface area contributed by atoms with Crippen LogP contribution in [0.1, 0.15) is 13.8 Å². The van der Waals surface area contributed by atoms with Crippen molar-refractivity contribution < 1.29 is 9.53 Å². The summed E-state index contributed by atoms with van der Waals surface area (Å²) in [6.45, 7) is 3.92. The van der Waals surface area contributed by atoms with E-state index in [4.69, 9.17) is 4.74 Å². The first kappa shape index (κ1) is 6.33. The highest BCUT2D eigenvalue weighted by Gasteiger charge is 2.17. The van der Waals surface area contributed by atoms with Crippen LogP contribution < -0.4 is 0 Å². The molecule has 0 N–H and O–H groups in total. The second-order valence-corrected chi connectivity index (χ2v) is 2.36. The van der Waals surface area contributed by atoms with E-state index < -0.39 is 0 Å². The van der Waals surface area contributed by atoms with Gasteiger partial charge in [-0.05, 0) is 6.92 Å². The van der Waals surface area contributed by atoms with E-state index in [0.29, 0.717) is 5.92 Å². The molecule has 0 aromatic rings. The van der Waals surface area contributed by atoms with Gasteiger partial charge in [0.1, 0.15) is 6.10 Å². The number of carbonyl (C=O) groups excluding carboxylic acids is 1. The Labute approximate surface area is 54.5 Å². The van der Waals surface area contributed by atoms with Crippen molar-refractivity contribution in [3.05, 3.63) is 12.2 Å². The first-order valence-corrected chi connectivity index (χ1v) is 3.09. The van der Waals surface area contributed by atoms with E-state index in [1.807, 2.05) is 19.9 Å². The van der Waals surface area contributed by atoms with Gasteiger partial charge in [-0.15, -0.1) is 0 Å². The number of cyclic esters (lactones) is 1. The molecule has 0 aromatic carbocycles. The van der Waals surface area contributed by atoms with Gasteiger partial charge in [-0.2, -0.15) is 0 Å². The molecule has 2 heteroatoms. The topological polar surface area (TPSA) is 26.3 Å². The Morgan fingerprint density at radius 2 is 2.22 bits per heavy atom. The summed E-state index contributed by atoms with van der Waals surface area (Å²) in [6.07, 6.45) is 3.39. The van der Waals surface area contributed by atoms with E-state index in [2.05, 4.69) is 0 Å². The molecule has 0 saturated heterocycles. The number of ether oxygens (including phenoxy) is 1. The summed E-state index contributed by atoms with van der Waals surface area (Å²) in [5.41, 5.74) is 0. The van der Waals surface area contributed by atoms with Crippen molar-refractivity contribution in [3.8, 4) is 0 Å². The highest BCUT2D eigenvalue weighted by molar-refractivity contribution is 5.82. The Morgan fingerprint density at radius 1 is 1.56 bits per heavy atom. The minimum absolute atomic E-state index is 0.0440. The Morgan fingerprint density at radius 3 is 2.67 bits per heavy atom. The largest absolute Gasteiger partial charge is 0.459 e. The number of esters is 1. The molecule has 50 valence electrons. The molecule has 0 aliphatic carbocycles. The number of rotatable bonds is 0.